The Bertz CT molecular complexity index is 1900. The first-order valence-electron chi connectivity index (χ1n) is 20.1. The van der Waals surface area contributed by atoms with Gasteiger partial charge in [-0.2, -0.15) is 0 Å². The molecule has 3 aromatic carbocycles. The van der Waals surface area contributed by atoms with Crippen LogP contribution in [0.2, 0.25) is 0 Å². The smallest absolute Gasteiger partial charge is 0.313 e. The zero-order valence-electron chi connectivity index (χ0n) is 33.5. The Morgan fingerprint density at radius 1 is 0.947 bits per heavy atom. The number of likely N-dealkylation sites (N-methyl/N-ethyl adjacent to an activating group) is 1. The van der Waals surface area contributed by atoms with Gasteiger partial charge in [-0.15, -0.1) is 13.2 Å². The second kappa shape index (κ2) is 17.9. The first kappa shape index (κ1) is 41.4. The molecule has 6 rings (SSSR count). The lowest BCUT2D eigenvalue weighted by atomic mass is 9.70. The summed E-state index contributed by atoms with van der Waals surface area (Å²) in [5.74, 6) is -3.66. The summed E-state index contributed by atoms with van der Waals surface area (Å²) in [4.78, 5) is 65.1. The summed E-state index contributed by atoms with van der Waals surface area (Å²) < 4.78 is 13.2. The predicted molar refractivity (Wildman–Crippen MR) is 220 cm³/mol. The molecule has 3 aliphatic heterocycles. The van der Waals surface area contributed by atoms with Crippen molar-refractivity contribution < 1.29 is 33.8 Å². The van der Waals surface area contributed by atoms with Crippen molar-refractivity contribution in [1.82, 2.24) is 9.80 Å². The molecule has 3 aromatic rings. The van der Waals surface area contributed by atoms with Crippen LogP contribution in [0.3, 0.4) is 0 Å². The molecule has 8 atom stereocenters. The van der Waals surface area contributed by atoms with Gasteiger partial charge in [0.25, 0.3) is 5.91 Å². The first-order valence-corrected chi connectivity index (χ1v) is 20.1. The Balaban J connectivity index is 1.39. The molecular weight excluding hydrogens is 721 g/mol. The van der Waals surface area contributed by atoms with Crippen LogP contribution in [-0.2, 0) is 28.7 Å². The lowest BCUT2D eigenvalue weighted by Gasteiger charge is -2.39. The molecule has 3 fully saturated rings. The lowest BCUT2D eigenvalue weighted by molar-refractivity contribution is -0.165. The normalized spacial score (nSPS) is 23.6. The molecule has 0 saturated carbocycles. The fraction of sp³-hybridized carbons (Fsp3) is 0.435. The van der Waals surface area contributed by atoms with Crippen LogP contribution in [0, 0.1) is 11.8 Å². The number of hydrogen-bond donors (Lipinski definition) is 1. The summed E-state index contributed by atoms with van der Waals surface area (Å²) in [6.07, 6.45) is 3.37. The van der Waals surface area contributed by atoms with Crippen molar-refractivity contribution in [1.29, 1.82) is 0 Å². The highest BCUT2D eigenvalue weighted by Crippen LogP contribution is 2.60. The minimum atomic E-state index is -1.36. The van der Waals surface area contributed by atoms with E-state index in [1.807, 2.05) is 91.9 Å². The van der Waals surface area contributed by atoms with E-state index >= 15 is 9.59 Å². The van der Waals surface area contributed by atoms with Gasteiger partial charge in [-0.1, -0.05) is 72.8 Å². The average molecular weight is 777 g/mol. The molecule has 2 bridgehead atoms. The number of nitrogens with zero attached hydrogens (tertiary/aromatic N) is 4. The molecule has 3 saturated heterocycles. The highest BCUT2D eigenvalue weighted by Gasteiger charge is 2.76. The number of allylic oxidation sites excluding steroid dienone is 1. The third-order valence-electron chi connectivity index (χ3n) is 12.2. The predicted octanol–water partition coefficient (Wildman–Crippen LogP) is 6.26. The number of fused-ring (bicyclic) bond motifs is 1. The van der Waals surface area contributed by atoms with Crippen LogP contribution in [0.1, 0.15) is 69.7 Å². The number of rotatable bonds is 18. The van der Waals surface area contributed by atoms with Crippen molar-refractivity contribution in [3.8, 4) is 0 Å². The number of aliphatic hydroxyl groups is 1. The van der Waals surface area contributed by atoms with Gasteiger partial charge in [0.15, 0.2) is 0 Å². The van der Waals surface area contributed by atoms with Gasteiger partial charge in [0.2, 0.25) is 11.8 Å². The SMILES string of the molecule is C=CCCC(=O)N(C)[C@H](C)[C@H](OC(=O)[C@@H]1[C@@H]2CC[C@]3(O2)[C@H](C(=O)N(CC=C)c2ccc(N(CC)CC)cc2)N([C@H](CO)c2ccccc2)C(=O)[C@@H]13)c1ccccc1. The van der Waals surface area contributed by atoms with Crippen LogP contribution in [0.15, 0.2) is 110 Å². The monoisotopic (exact) mass is 776 g/mol. The maximum Gasteiger partial charge on any atom is 0.313 e. The van der Waals surface area contributed by atoms with E-state index in [0.717, 1.165) is 18.8 Å². The van der Waals surface area contributed by atoms with Gasteiger partial charge in [0.05, 0.1) is 36.6 Å². The maximum absolute atomic E-state index is 15.3. The first-order chi connectivity index (χ1) is 27.6. The number of amides is 3. The van der Waals surface area contributed by atoms with E-state index in [1.54, 1.807) is 29.0 Å². The van der Waals surface area contributed by atoms with Crippen LogP contribution < -0.4 is 9.80 Å². The number of aliphatic hydroxyl groups excluding tert-OH is 1. The molecule has 302 valence electrons. The maximum atomic E-state index is 15.3. The number of likely N-dealkylation sites (tertiary alicyclic amines) is 1. The molecule has 11 heteroatoms. The van der Waals surface area contributed by atoms with Gasteiger partial charge in [0.1, 0.15) is 17.7 Å². The molecular formula is C46H56N4O7. The van der Waals surface area contributed by atoms with Crippen LogP contribution in [0.25, 0.3) is 0 Å². The molecule has 0 radical (unpaired) electrons. The molecule has 1 N–H and O–H groups in total. The Kier molecular flexibility index (Phi) is 13.0. The van der Waals surface area contributed by atoms with Gasteiger partial charge in [-0.05, 0) is 75.4 Å². The Morgan fingerprint density at radius 2 is 1.56 bits per heavy atom. The number of ether oxygens (including phenoxy) is 2. The Hall–Kier alpha value is -5.26. The summed E-state index contributed by atoms with van der Waals surface area (Å²) >= 11 is 0. The quantitative estimate of drug-likeness (QED) is 0.119. The van der Waals surface area contributed by atoms with Crippen molar-refractivity contribution in [3.05, 3.63) is 121 Å². The molecule has 3 heterocycles. The van der Waals surface area contributed by atoms with Gasteiger partial charge >= 0.3 is 5.97 Å². The molecule has 0 aromatic heterocycles. The van der Waals surface area contributed by atoms with Crippen LogP contribution in [0.4, 0.5) is 11.4 Å². The van der Waals surface area contributed by atoms with Gasteiger partial charge < -0.3 is 34.2 Å². The number of anilines is 2. The molecule has 0 aliphatic carbocycles. The van der Waals surface area contributed by atoms with E-state index in [0.29, 0.717) is 36.1 Å². The second-order valence-corrected chi connectivity index (χ2v) is 15.2. The third-order valence-corrected chi connectivity index (χ3v) is 12.2. The van der Waals surface area contributed by atoms with Gasteiger partial charge in [-0.25, -0.2) is 0 Å². The topological polar surface area (TPSA) is 120 Å². The van der Waals surface area contributed by atoms with Crippen molar-refractivity contribution >= 4 is 35.1 Å². The van der Waals surface area contributed by atoms with E-state index < -0.39 is 66.3 Å². The van der Waals surface area contributed by atoms with E-state index in [4.69, 9.17) is 9.47 Å². The van der Waals surface area contributed by atoms with E-state index in [1.165, 1.54) is 4.90 Å². The van der Waals surface area contributed by atoms with Crippen molar-refractivity contribution in [2.24, 2.45) is 11.8 Å². The number of benzene rings is 3. The Labute approximate surface area is 336 Å². The van der Waals surface area contributed by atoms with Crippen LogP contribution in [-0.4, -0.2) is 95.7 Å². The van der Waals surface area contributed by atoms with Gasteiger partial charge in [-0.3, -0.25) is 19.2 Å². The average Bonchev–Trinajstić information content (AvgIpc) is 3.89. The highest BCUT2D eigenvalue weighted by molar-refractivity contribution is 6.05. The van der Waals surface area contributed by atoms with E-state index in [-0.39, 0.29) is 24.8 Å². The number of esters is 1. The second-order valence-electron chi connectivity index (χ2n) is 15.2. The molecule has 0 unspecified atom stereocenters. The zero-order valence-corrected chi connectivity index (χ0v) is 33.5. The fourth-order valence-corrected chi connectivity index (χ4v) is 9.16. The summed E-state index contributed by atoms with van der Waals surface area (Å²) in [6, 6.07) is 23.5. The molecule has 3 amide bonds. The summed E-state index contributed by atoms with van der Waals surface area (Å²) in [5, 5.41) is 11.0. The highest BCUT2D eigenvalue weighted by atomic mass is 16.6. The minimum Gasteiger partial charge on any atom is -0.455 e. The number of carbonyl (C=O) groups is 4. The Morgan fingerprint density at radius 3 is 2.14 bits per heavy atom. The van der Waals surface area contributed by atoms with Crippen LogP contribution >= 0.6 is 0 Å². The van der Waals surface area contributed by atoms with E-state index in [9.17, 15) is 14.7 Å². The summed E-state index contributed by atoms with van der Waals surface area (Å²) in [7, 11) is 1.69. The lowest BCUT2D eigenvalue weighted by Crippen LogP contribution is -2.57. The summed E-state index contributed by atoms with van der Waals surface area (Å²) in [5.41, 5.74) is 1.63. The molecule has 1 spiro atoms. The number of carbonyl (C=O) groups excluding carboxylic acids is 4. The van der Waals surface area contributed by atoms with Crippen molar-refractivity contribution in [3.63, 3.8) is 0 Å². The van der Waals surface area contributed by atoms with Crippen LogP contribution in [0.5, 0.6) is 0 Å². The molecule has 57 heavy (non-hydrogen) atoms. The van der Waals surface area contributed by atoms with Crippen molar-refractivity contribution in [2.75, 3.05) is 43.1 Å². The zero-order chi connectivity index (χ0) is 40.9. The molecule has 11 nitrogen and oxygen atoms in total. The standard InChI is InChI=1S/C46H56N4O7/c1-7-11-22-38(52)47(6)31(5)41(33-20-16-13-17-21-33)56-45(55)39-37-27-28-46(57-37)40(39)43(53)50(36(30-51)32-18-14-12-15-19-32)42(46)44(54)49(29-8-2)35-25-23-34(24-26-35)48(9-3)10-4/h7-8,12-21,23-26,31,36-37,39-42,51H,1-2,9-11,22,27-30H2,3-6H3/t31-,36-,37+,39-,40-,41+,42+,46-/m1/s1. The van der Waals surface area contributed by atoms with Crippen molar-refractivity contribution in [2.45, 2.75) is 82.4 Å². The largest absolute Gasteiger partial charge is 0.455 e. The third kappa shape index (κ3) is 7.75. The minimum absolute atomic E-state index is 0.118. The van der Waals surface area contributed by atoms with Gasteiger partial charge in [0, 0.05) is 44.5 Å². The number of hydrogen-bond acceptors (Lipinski definition) is 8. The molecule has 3 aliphatic rings. The summed E-state index contributed by atoms with van der Waals surface area (Å²) in [6.45, 7) is 15.0. The van der Waals surface area contributed by atoms with E-state index in [2.05, 4.69) is 31.9 Å². The fourth-order valence-electron chi connectivity index (χ4n) is 9.16.